The second-order valence-electron chi connectivity index (χ2n) is 3.76. The van der Waals surface area contributed by atoms with Crippen LogP contribution in [0.3, 0.4) is 0 Å². The fourth-order valence-electron chi connectivity index (χ4n) is 1.39. The van der Waals surface area contributed by atoms with E-state index in [0.717, 1.165) is 5.56 Å². The maximum absolute atomic E-state index is 3.33. The first-order valence-corrected chi connectivity index (χ1v) is 8.33. The summed E-state index contributed by atoms with van der Waals surface area (Å²) in [5.74, 6) is 6.59. The summed E-state index contributed by atoms with van der Waals surface area (Å²) in [6.07, 6.45) is 6.05. The van der Waals surface area contributed by atoms with Gasteiger partial charge in [0.2, 0.25) is 0 Å². The van der Waals surface area contributed by atoms with Gasteiger partial charge in [-0.15, -0.1) is 0 Å². The van der Waals surface area contributed by atoms with E-state index >= 15 is 0 Å². The molecule has 0 aliphatic heterocycles. The van der Waals surface area contributed by atoms with Crippen LogP contribution in [0.5, 0.6) is 0 Å². The molecule has 0 heterocycles. The number of hydrogen-bond donors (Lipinski definition) is 0. The Balaban J connectivity index is 2.66. The summed E-state index contributed by atoms with van der Waals surface area (Å²) in [6, 6.07) is 10.2. The Morgan fingerprint density at radius 1 is 1.24 bits per heavy atom. The molecular formula is C16H20Se. The standard InChI is InChI=1S/C16H20Se/c1-3-5-7-12-16(17-4-2)14-13-15-10-8-6-9-11-15/h6,8-12H,3-5,7H2,1-2H3/b16-12-. The van der Waals surface area contributed by atoms with E-state index in [1.165, 1.54) is 29.1 Å². The Kier molecular flexibility index (Phi) is 7.56. The van der Waals surface area contributed by atoms with Crippen molar-refractivity contribution in [2.75, 3.05) is 0 Å². The molecule has 0 unspecified atom stereocenters. The van der Waals surface area contributed by atoms with Crippen LogP contribution >= 0.6 is 0 Å². The second-order valence-corrected chi connectivity index (χ2v) is 6.50. The van der Waals surface area contributed by atoms with Crippen molar-refractivity contribution in [3.05, 3.63) is 46.4 Å². The predicted molar refractivity (Wildman–Crippen MR) is 77.2 cm³/mol. The van der Waals surface area contributed by atoms with Crippen LogP contribution in [0.4, 0.5) is 0 Å². The summed E-state index contributed by atoms with van der Waals surface area (Å²) in [5, 5.41) is 1.23. The van der Waals surface area contributed by atoms with Gasteiger partial charge in [0.15, 0.2) is 0 Å². The van der Waals surface area contributed by atoms with Crippen LogP contribution in [0, 0.1) is 11.8 Å². The van der Waals surface area contributed by atoms with Crippen molar-refractivity contribution in [3.8, 4) is 11.8 Å². The second kappa shape index (κ2) is 9.11. The van der Waals surface area contributed by atoms with Gasteiger partial charge < -0.3 is 0 Å². The van der Waals surface area contributed by atoms with Gasteiger partial charge in [0.05, 0.1) is 0 Å². The summed E-state index contributed by atoms with van der Waals surface area (Å²) < 4.78 is 1.36. The average Bonchev–Trinajstić information content (AvgIpc) is 2.37. The SMILES string of the molecule is CCCC/C=C(/C#Cc1ccccc1)[Se]CC. The van der Waals surface area contributed by atoms with Crippen molar-refractivity contribution in [2.24, 2.45) is 0 Å². The number of unbranched alkanes of at least 4 members (excludes halogenated alkanes) is 2. The molecule has 17 heavy (non-hydrogen) atoms. The molecule has 0 radical (unpaired) electrons. The quantitative estimate of drug-likeness (QED) is 0.432. The zero-order valence-corrected chi connectivity index (χ0v) is 12.4. The van der Waals surface area contributed by atoms with E-state index < -0.39 is 0 Å². The molecule has 0 spiro atoms. The van der Waals surface area contributed by atoms with Gasteiger partial charge >= 0.3 is 112 Å². The van der Waals surface area contributed by atoms with Gasteiger partial charge in [0.25, 0.3) is 0 Å². The Morgan fingerprint density at radius 3 is 2.65 bits per heavy atom. The van der Waals surface area contributed by atoms with Crippen LogP contribution < -0.4 is 0 Å². The fraction of sp³-hybridized carbons (Fsp3) is 0.375. The molecule has 0 saturated carbocycles. The maximum atomic E-state index is 3.33. The molecule has 0 fully saturated rings. The van der Waals surface area contributed by atoms with Gasteiger partial charge in [0.1, 0.15) is 0 Å². The number of hydrogen-bond acceptors (Lipinski definition) is 0. The molecule has 0 nitrogen and oxygen atoms in total. The van der Waals surface area contributed by atoms with E-state index in [4.69, 9.17) is 0 Å². The zero-order chi connectivity index (χ0) is 12.3. The third kappa shape index (κ3) is 6.37. The summed E-state index contributed by atoms with van der Waals surface area (Å²) in [5.41, 5.74) is 1.11. The van der Waals surface area contributed by atoms with Crippen molar-refractivity contribution in [2.45, 2.75) is 38.4 Å². The molecule has 0 aliphatic carbocycles. The van der Waals surface area contributed by atoms with Crippen molar-refractivity contribution in [1.82, 2.24) is 0 Å². The molecule has 0 bridgehead atoms. The van der Waals surface area contributed by atoms with E-state index in [9.17, 15) is 0 Å². The molecule has 1 rings (SSSR count). The average molecular weight is 291 g/mol. The molecule has 90 valence electrons. The summed E-state index contributed by atoms with van der Waals surface area (Å²) in [7, 11) is 0. The predicted octanol–water partition coefficient (Wildman–Crippen LogP) is 4.25. The molecule has 0 atom stereocenters. The van der Waals surface area contributed by atoms with Gasteiger partial charge in [-0.2, -0.15) is 0 Å². The summed E-state index contributed by atoms with van der Waals surface area (Å²) in [6.45, 7) is 4.46. The van der Waals surface area contributed by atoms with Crippen LogP contribution in [0.25, 0.3) is 0 Å². The first-order chi connectivity index (χ1) is 8.36. The van der Waals surface area contributed by atoms with Crippen molar-refractivity contribution in [3.63, 3.8) is 0 Å². The van der Waals surface area contributed by atoms with Gasteiger partial charge in [-0.3, -0.25) is 0 Å². The van der Waals surface area contributed by atoms with Gasteiger partial charge in [-0.25, -0.2) is 0 Å². The Labute approximate surface area is 112 Å². The molecule has 0 amide bonds. The first-order valence-electron chi connectivity index (χ1n) is 6.26. The number of rotatable bonds is 5. The van der Waals surface area contributed by atoms with Crippen LogP contribution in [0.1, 0.15) is 38.7 Å². The topological polar surface area (TPSA) is 0 Å². The molecule has 1 aromatic rings. The van der Waals surface area contributed by atoms with Crippen molar-refractivity contribution >= 4 is 15.0 Å². The molecular weight excluding hydrogens is 271 g/mol. The third-order valence-corrected chi connectivity index (χ3v) is 4.11. The van der Waals surface area contributed by atoms with Gasteiger partial charge in [0, 0.05) is 0 Å². The van der Waals surface area contributed by atoms with Crippen LogP contribution in [-0.4, -0.2) is 15.0 Å². The molecule has 0 aromatic heterocycles. The van der Waals surface area contributed by atoms with E-state index in [0.29, 0.717) is 15.0 Å². The third-order valence-electron chi connectivity index (χ3n) is 2.29. The van der Waals surface area contributed by atoms with E-state index in [1.807, 2.05) is 18.2 Å². The molecule has 1 aromatic carbocycles. The van der Waals surface area contributed by atoms with Crippen LogP contribution in [0.2, 0.25) is 5.32 Å². The molecule has 1 heteroatoms. The van der Waals surface area contributed by atoms with Crippen molar-refractivity contribution < 1.29 is 0 Å². The monoisotopic (exact) mass is 292 g/mol. The minimum atomic E-state index is 0.551. The summed E-state index contributed by atoms with van der Waals surface area (Å²) in [4.78, 5) is 0. The molecule has 0 saturated heterocycles. The van der Waals surface area contributed by atoms with Crippen LogP contribution in [-0.2, 0) is 0 Å². The molecule has 0 aliphatic rings. The summed E-state index contributed by atoms with van der Waals surface area (Å²) >= 11 is 0.551. The normalized spacial score (nSPS) is 10.8. The van der Waals surface area contributed by atoms with E-state index in [-0.39, 0.29) is 0 Å². The van der Waals surface area contributed by atoms with Crippen LogP contribution in [0.15, 0.2) is 40.9 Å². The number of allylic oxidation sites excluding steroid dienone is 2. The van der Waals surface area contributed by atoms with E-state index in [2.05, 4.69) is 43.9 Å². The van der Waals surface area contributed by atoms with Gasteiger partial charge in [-0.1, -0.05) is 0 Å². The Bertz CT molecular complexity index is 393. The van der Waals surface area contributed by atoms with Crippen molar-refractivity contribution in [1.29, 1.82) is 0 Å². The Morgan fingerprint density at radius 2 is 2.00 bits per heavy atom. The first kappa shape index (κ1) is 14.1. The fourth-order valence-corrected chi connectivity index (χ4v) is 2.80. The zero-order valence-electron chi connectivity index (χ0n) is 10.7. The van der Waals surface area contributed by atoms with Gasteiger partial charge in [-0.05, 0) is 0 Å². The van der Waals surface area contributed by atoms with E-state index in [1.54, 1.807) is 0 Å². The Hall–Kier alpha value is -0.961. The minimum absolute atomic E-state index is 0.551. The number of benzene rings is 1. The molecule has 0 N–H and O–H groups in total.